The van der Waals surface area contributed by atoms with Crippen molar-refractivity contribution in [2.24, 2.45) is 10.4 Å². The second kappa shape index (κ2) is 3.40. The van der Waals surface area contributed by atoms with E-state index in [-0.39, 0.29) is 0 Å². The van der Waals surface area contributed by atoms with E-state index in [9.17, 15) is 9.81 Å². The summed E-state index contributed by atoms with van der Waals surface area (Å²) < 4.78 is -1.33. The molecule has 0 N–H and O–H groups in total. The first-order valence-corrected chi connectivity index (χ1v) is 4.87. The van der Waals surface area contributed by atoms with Crippen LogP contribution in [0.15, 0.2) is 33.7 Å². The molecule has 0 aromatic heterocycles. The molecule has 1 rings (SSSR count). The van der Waals surface area contributed by atoms with E-state index in [2.05, 4.69) is 10.4 Å². The molecule has 0 aliphatic heterocycles. The van der Waals surface area contributed by atoms with Crippen molar-refractivity contribution >= 4 is 0 Å². The van der Waals surface area contributed by atoms with Gasteiger partial charge in [-0.05, 0) is 0 Å². The Morgan fingerprint density at radius 3 is 2.42 bits per heavy atom. The number of hydrogen-bond donors (Lipinski definition) is 0. The van der Waals surface area contributed by atoms with Crippen LogP contribution < -0.4 is 0 Å². The van der Waals surface area contributed by atoms with E-state index in [0.717, 1.165) is 31.0 Å². The molecule has 63 valence electrons. The Morgan fingerprint density at radius 2 is 2.08 bits per heavy atom. The summed E-state index contributed by atoms with van der Waals surface area (Å²) in [5.41, 5.74) is 1.67. The molecule has 0 radical (unpaired) electrons. The maximum atomic E-state index is 10.4. The number of nitrogens with zero attached hydrogens (tertiary/aromatic N) is 2. The summed E-state index contributed by atoms with van der Waals surface area (Å²) in [6.07, 6.45) is 4.40. The molecule has 0 saturated heterocycles. The fourth-order valence-electron chi connectivity index (χ4n) is 1.13. The van der Waals surface area contributed by atoms with Crippen LogP contribution in [0.25, 0.3) is 0 Å². The molecule has 12 heavy (non-hydrogen) atoms. The van der Waals surface area contributed by atoms with Crippen LogP contribution in [0.5, 0.6) is 0 Å². The van der Waals surface area contributed by atoms with Crippen molar-refractivity contribution in [3.63, 3.8) is 0 Å². The Hall–Kier alpha value is -0.632. The van der Waals surface area contributed by atoms with Crippen LogP contribution in [-0.4, -0.2) is 4.05 Å². The van der Waals surface area contributed by atoms with Gasteiger partial charge in [-0.15, -0.1) is 0 Å². The molecule has 5 heteroatoms. The normalized spacial score (nSPS) is 16.8. The van der Waals surface area contributed by atoms with Gasteiger partial charge >= 0.3 is 80.7 Å². The van der Waals surface area contributed by atoms with Gasteiger partial charge in [-0.25, -0.2) is 0 Å². The summed E-state index contributed by atoms with van der Waals surface area (Å²) in [6.45, 7) is 1.85. The van der Waals surface area contributed by atoms with Crippen LogP contribution in [0.4, 0.5) is 0 Å². The fourth-order valence-corrected chi connectivity index (χ4v) is 2.01. The van der Waals surface area contributed by atoms with E-state index in [1.54, 1.807) is 0 Å². The third-order valence-corrected chi connectivity index (χ3v) is 3.23. The SMILES string of the molecule is CC1=C([C]([W])(N=O)N=O)CC=C1. The molecule has 1 aliphatic rings. The standard InChI is InChI=1S/C7H7N2O2.W/c1-5-3-2-4-6(5)7(8-10)9-11;/h2-3H,4H2,1H3;. The first-order valence-electron chi connectivity index (χ1n) is 3.40. The number of allylic oxidation sites excluding steroid dienone is 3. The second-order valence-corrected chi connectivity index (χ2v) is 4.60. The number of nitroso groups, excluding NO2 is 2. The van der Waals surface area contributed by atoms with Crippen molar-refractivity contribution in [1.29, 1.82) is 0 Å². The monoisotopic (exact) mass is 335 g/mol. The molecular formula is C7H7N2O2W. The van der Waals surface area contributed by atoms with Gasteiger partial charge in [-0.2, -0.15) is 0 Å². The Kier molecular flexibility index (Phi) is 2.68. The van der Waals surface area contributed by atoms with E-state index in [1.807, 2.05) is 19.1 Å². The number of hydrogen-bond acceptors (Lipinski definition) is 4. The van der Waals surface area contributed by atoms with Gasteiger partial charge in [0.25, 0.3) is 0 Å². The first kappa shape index (κ1) is 9.46. The van der Waals surface area contributed by atoms with Crippen molar-refractivity contribution in [3.8, 4) is 0 Å². The van der Waals surface area contributed by atoms with Crippen LogP contribution in [0.3, 0.4) is 0 Å². The number of rotatable bonds is 3. The van der Waals surface area contributed by atoms with E-state index >= 15 is 0 Å². The third-order valence-electron chi connectivity index (χ3n) is 1.81. The van der Waals surface area contributed by atoms with Crippen LogP contribution in [0, 0.1) is 9.81 Å². The van der Waals surface area contributed by atoms with Crippen molar-refractivity contribution < 1.29 is 19.8 Å². The van der Waals surface area contributed by atoms with Crippen molar-refractivity contribution in [3.05, 3.63) is 33.1 Å². The average Bonchev–Trinajstić information content (AvgIpc) is 2.51. The molecule has 4 nitrogen and oxygen atoms in total. The predicted molar refractivity (Wildman–Crippen MR) is 40.8 cm³/mol. The second-order valence-electron chi connectivity index (χ2n) is 2.56. The van der Waals surface area contributed by atoms with Gasteiger partial charge < -0.3 is 0 Å². The van der Waals surface area contributed by atoms with Gasteiger partial charge in [0.2, 0.25) is 0 Å². The Morgan fingerprint density at radius 1 is 1.50 bits per heavy atom. The molecule has 0 atom stereocenters. The molecule has 0 aromatic rings. The summed E-state index contributed by atoms with van der Waals surface area (Å²) in [6, 6.07) is 0. The molecule has 0 spiro atoms. The van der Waals surface area contributed by atoms with Gasteiger partial charge in [0.1, 0.15) is 0 Å². The van der Waals surface area contributed by atoms with E-state index in [1.165, 1.54) is 0 Å². The predicted octanol–water partition coefficient (Wildman–Crippen LogP) is 2.00. The van der Waals surface area contributed by atoms with Gasteiger partial charge in [-0.1, -0.05) is 0 Å². The molecule has 0 saturated carbocycles. The van der Waals surface area contributed by atoms with Gasteiger partial charge in [0, 0.05) is 0 Å². The summed E-state index contributed by atoms with van der Waals surface area (Å²) in [5, 5.41) is 5.56. The van der Waals surface area contributed by atoms with Crippen molar-refractivity contribution in [2.75, 3.05) is 0 Å². The Balaban J connectivity index is 3.04. The average molecular weight is 335 g/mol. The molecule has 1 aliphatic carbocycles. The molecule has 0 bridgehead atoms. The van der Waals surface area contributed by atoms with E-state index < -0.39 is 4.05 Å². The fraction of sp³-hybridized carbons (Fsp3) is 0.429. The topological polar surface area (TPSA) is 58.9 Å². The molecule has 0 fully saturated rings. The quantitative estimate of drug-likeness (QED) is 0.741. The maximum absolute atomic E-state index is 10.4. The van der Waals surface area contributed by atoms with Crippen LogP contribution in [0.1, 0.15) is 13.3 Å². The zero-order valence-electron chi connectivity index (χ0n) is 6.48. The van der Waals surface area contributed by atoms with E-state index in [4.69, 9.17) is 0 Å². The van der Waals surface area contributed by atoms with E-state index in [0.29, 0.717) is 6.42 Å². The third kappa shape index (κ3) is 1.44. The molecular weight excluding hydrogens is 328 g/mol. The molecule has 0 amide bonds. The minimum absolute atomic E-state index is 0.618. The minimum atomic E-state index is -1.33. The Bertz CT molecular complexity index is 275. The molecule has 0 unspecified atom stereocenters. The van der Waals surface area contributed by atoms with Crippen LogP contribution in [-0.2, 0) is 19.8 Å². The van der Waals surface area contributed by atoms with Crippen molar-refractivity contribution in [1.82, 2.24) is 0 Å². The zero-order valence-corrected chi connectivity index (χ0v) is 9.41. The van der Waals surface area contributed by atoms with Gasteiger partial charge in [0.05, 0.1) is 0 Å². The molecule has 0 heterocycles. The van der Waals surface area contributed by atoms with Gasteiger partial charge in [-0.3, -0.25) is 0 Å². The Labute approximate surface area is 81.0 Å². The van der Waals surface area contributed by atoms with Crippen LogP contribution in [0.2, 0.25) is 0 Å². The molecule has 0 aromatic carbocycles. The summed E-state index contributed by atoms with van der Waals surface area (Å²) in [7, 11) is 0. The summed E-state index contributed by atoms with van der Waals surface area (Å²) >= 11 is 0.778. The van der Waals surface area contributed by atoms with Crippen LogP contribution >= 0.6 is 0 Å². The zero-order chi connectivity index (χ0) is 9.19. The summed E-state index contributed by atoms with van der Waals surface area (Å²) in [4.78, 5) is 20.8. The first-order chi connectivity index (χ1) is 5.64. The van der Waals surface area contributed by atoms with Gasteiger partial charge in [0.15, 0.2) is 0 Å². The van der Waals surface area contributed by atoms with Crippen molar-refractivity contribution in [2.45, 2.75) is 17.4 Å². The summed E-state index contributed by atoms with van der Waals surface area (Å²) in [5.74, 6) is 0.